The van der Waals surface area contributed by atoms with Crippen LogP contribution in [-0.4, -0.2) is 76.5 Å². The van der Waals surface area contributed by atoms with Gasteiger partial charge in [-0.05, 0) is 12.1 Å². The average molecular weight is 494 g/mol. The van der Waals surface area contributed by atoms with E-state index in [2.05, 4.69) is 19.9 Å². The molecule has 11 nitrogen and oxygen atoms in total. The second kappa shape index (κ2) is 9.76. The highest BCUT2D eigenvalue weighted by Crippen LogP contribution is 2.35. The van der Waals surface area contributed by atoms with Crippen molar-refractivity contribution in [3.63, 3.8) is 0 Å². The maximum Gasteiger partial charge on any atom is 0.338 e. The van der Waals surface area contributed by atoms with Crippen LogP contribution in [-0.2, 0) is 11.3 Å². The molecule has 0 amide bonds. The van der Waals surface area contributed by atoms with Gasteiger partial charge >= 0.3 is 5.97 Å². The molecule has 0 atom stereocenters. The number of aromatic nitrogens is 5. The van der Waals surface area contributed by atoms with Gasteiger partial charge in [0.05, 0.1) is 42.6 Å². The molecule has 4 aromatic rings. The standard InChI is InChI=1S/C23H23N7O4S/c1-29(23-25-11-15(12-26-23)22(31)32)13-16-9-17-19(35-16)21(30-5-7-34-8-6-30)28-20(27-17)14-3-4-18(33-2)24-10-14/h3-4,9-12H,5-8,13H2,1-2H3,(H,31,32). The summed E-state index contributed by atoms with van der Waals surface area (Å²) >= 11 is 1.62. The van der Waals surface area contributed by atoms with Crippen LogP contribution in [0.2, 0.25) is 0 Å². The van der Waals surface area contributed by atoms with E-state index in [9.17, 15) is 4.79 Å². The molecule has 0 unspecified atom stereocenters. The molecule has 0 aromatic carbocycles. The lowest BCUT2D eigenvalue weighted by molar-refractivity contribution is 0.0696. The number of nitrogens with zero attached hydrogens (tertiary/aromatic N) is 7. The van der Waals surface area contributed by atoms with Crippen molar-refractivity contribution in [3.8, 4) is 17.3 Å². The number of rotatable bonds is 7. The number of carboxylic acids is 1. The van der Waals surface area contributed by atoms with Crippen LogP contribution in [0.15, 0.2) is 36.8 Å². The quantitative estimate of drug-likeness (QED) is 0.408. The van der Waals surface area contributed by atoms with Crippen molar-refractivity contribution in [1.29, 1.82) is 0 Å². The summed E-state index contributed by atoms with van der Waals surface area (Å²) in [5, 5.41) is 9.07. The van der Waals surface area contributed by atoms with Crippen LogP contribution < -0.4 is 14.5 Å². The number of pyridine rings is 1. The summed E-state index contributed by atoms with van der Waals surface area (Å²) in [6.45, 7) is 3.34. The molecule has 5 rings (SSSR count). The minimum Gasteiger partial charge on any atom is -0.481 e. The first kappa shape index (κ1) is 22.9. The first-order chi connectivity index (χ1) is 17.0. The highest BCUT2D eigenvalue weighted by atomic mass is 32.1. The van der Waals surface area contributed by atoms with Gasteiger partial charge < -0.3 is 24.4 Å². The fraction of sp³-hybridized carbons (Fsp3) is 0.304. The molecule has 5 heterocycles. The number of ether oxygens (including phenoxy) is 2. The SMILES string of the molecule is COc1ccc(-c2nc(N3CCOCC3)c3sc(CN(C)c4ncc(C(=O)O)cn4)cc3n2)cn1. The van der Waals surface area contributed by atoms with Crippen LogP contribution in [0.5, 0.6) is 5.88 Å². The summed E-state index contributed by atoms with van der Waals surface area (Å²) in [6, 6.07) is 5.74. The van der Waals surface area contributed by atoms with Crippen LogP contribution in [0.3, 0.4) is 0 Å². The minimum absolute atomic E-state index is 0.0509. The number of carboxylic acid groups (broad SMARTS) is 1. The summed E-state index contributed by atoms with van der Waals surface area (Å²) in [5.41, 5.74) is 1.71. The molecule has 4 aromatic heterocycles. The molecular formula is C23H23N7O4S. The number of carbonyl (C=O) groups is 1. The van der Waals surface area contributed by atoms with E-state index in [1.807, 2.05) is 24.1 Å². The van der Waals surface area contributed by atoms with E-state index in [1.165, 1.54) is 12.4 Å². The van der Waals surface area contributed by atoms with Gasteiger partial charge in [-0.3, -0.25) is 0 Å². The number of hydrogen-bond acceptors (Lipinski definition) is 11. The number of fused-ring (bicyclic) bond motifs is 1. The summed E-state index contributed by atoms with van der Waals surface area (Å²) in [6.07, 6.45) is 4.33. The van der Waals surface area contributed by atoms with Crippen LogP contribution in [0.1, 0.15) is 15.2 Å². The Balaban J connectivity index is 1.49. The molecule has 35 heavy (non-hydrogen) atoms. The number of thiophene rings is 1. The van der Waals surface area contributed by atoms with Crippen molar-refractivity contribution in [3.05, 3.63) is 47.2 Å². The first-order valence-corrected chi connectivity index (χ1v) is 11.7. The maximum absolute atomic E-state index is 11.1. The average Bonchev–Trinajstić information content (AvgIpc) is 3.31. The molecule has 0 saturated carbocycles. The van der Waals surface area contributed by atoms with Crippen molar-refractivity contribution < 1.29 is 19.4 Å². The van der Waals surface area contributed by atoms with Gasteiger partial charge in [0.15, 0.2) is 11.6 Å². The van der Waals surface area contributed by atoms with E-state index < -0.39 is 5.97 Å². The Kier molecular flexibility index (Phi) is 6.38. The third-order valence-electron chi connectivity index (χ3n) is 5.54. The largest absolute Gasteiger partial charge is 0.481 e. The predicted molar refractivity (Wildman–Crippen MR) is 131 cm³/mol. The monoisotopic (exact) mass is 493 g/mol. The molecule has 1 saturated heterocycles. The number of hydrogen-bond donors (Lipinski definition) is 1. The molecule has 180 valence electrons. The molecule has 1 N–H and O–H groups in total. The topological polar surface area (TPSA) is 127 Å². The molecule has 0 bridgehead atoms. The molecular weight excluding hydrogens is 470 g/mol. The minimum atomic E-state index is -1.05. The summed E-state index contributed by atoms with van der Waals surface area (Å²) in [7, 11) is 3.44. The Hall–Kier alpha value is -3.90. The molecule has 0 aliphatic carbocycles. The van der Waals surface area contributed by atoms with Gasteiger partial charge in [-0.1, -0.05) is 0 Å². The third-order valence-corrected chi connectivity index (χ3v) is 6.64. The fourth-order valence-corrected chi connectivity index (χ4v) is 4.89. The van der Waals surface area contributed by atoms with Crippen molar-refractivity contribution in [2.45, 2.75) is 6.54 Å². The highest BCUT2D eigenvalue weighted by molar-refractivity contribution is 7.19. The van der Waals surface area contributed by atoms with Crippen LogP contribution in [0.25, 0.3) is 21.6 Å². The van der Waals surface area contributed by atoms with Gasteiger partial charge in [0.1, 0.15) is 0 Å². The number of methoxy groups -OCH3 is 1. The summed E-state index contributed by atoms with van der Waals surface area (Å²) in [4.78, 5) is 38.6. The Bertz CT molecular complexity index is 1340. The number of aromatic carboxylic acids is 1. The molecule has 1 fully saturated rings. The zero-order chi connectivity index (χ0) is 24.4. The van der Waals surface area contributed by atoms with Gasteiger partial charge in [0, 0.05) is 55.2 Å². The predicted octanol–water partition coefficient (Wildman–Crippen LogP) is 2.72. The molecule has 0 radical (unpaired) electrons. The van der Waals surface area contributed by atoms with E-state index >= 15 is 0 Å². The van der Waals surface area contributed by atoms with Gasteiger partial charge in [-0.25, -0.2) is 29.7 Å². The number of anilines is 2. The van der Waals surface area contributed by atoms with Gasteiger partial charge in [0.2, 0.25) is 11.8 Å². The lowest BCUT2D eigenvalue weighted by atomic mass is 10.2. The zero-order valence-corrected chi connectivity index (χ0v) is 20.0. The highest BCUT2D eigenvalue weighted by Gasteiger charge is 2.21. The molecule has 1 aliphatic rings. The first-order valence-electron chi connectivity index (χ1n) is 10.9. The molecule has 1 aliphatic heterocycles. The van der Waals surface area contributed by atoms with Crippen molar-refractivity contribution >= 4 is 39.3 Å². The van der Waals surface area contributed by atoms with Crippen molar-refractivity contribution in [1.82, 2.24) is 24.9 Å². The van der Waals surface area contributed by atoms with Crippen molar-refractivity contribution in [2.75, 3.05) is 50.3 Å². The smallest absolute Gasteiger partial charge is 0.338 e. The Morgan fingerprint density at radius 1 is 1.17 bits per heavy atom. The summed E-state index contributed by atoms with van der Waals surface area (Å²) < 4.78 is 11.7. The van der Waals surface area contributed by atoms with E-state index in [0.717, 1.165) is 39.6 Å². The zero-order valence-electron chi connectivity index (χ0n) is 19.2. The van der Waals surface area contributed by atoms with Crippen LogP contribution in [0, 0.1) is 0 Å². The third kappa shape index (κ3) is 4.84. The second-order valence-corrected chi connectivity index (χ2v) is 9.06. The van der Waals surface area contributed by atoms with E-state index in [4.69, 9.17) is 24.5 Å². The van der Waals surface area contributed by atoms with Crippen molar-refractivity contribution in [2.24, 2.45) is 0 Å². The number of morpholine rings is 1. The Labute approximate surface area is 205 Å². The second-order valence-electron chi connectivity index (χ2n) is 7.92. The van der Waals surface area contributed by atoms with E-state index in [-0.39, 0.29) is 5.56 Å². The van der Waals surface area contributed by atoms with Crippen LogP contribution >= 0.6 is 11.3 Å². The Morgan fingerprint density at radius 2 is 1.94 bits per heavy atom. The fourth-order valence-electron chi connectivity index (χ4n) is 3.73. The van der Waals surface area contributed by atoms with Gasteiger partial charge in [0.25, 0.3) is 0 Å². The Morgan fingerprint density at radius 3 is 2.60 bits per heavy atom. The van der Waals surface area contributed by atoms with Crippen LogP contribution in [0.4, 0.5) is 11.8 Å². The molecule has 0 spiro atoms. The lowest BCUT2D eigenvalue weighted by Gasteiger charge is -2.28. The van der Waals surface area contributed by atoms with Gasteiger partial charge in [-0.2, -0.15) is 0 Å². The normalized spacial score (nSPS) is 13.7. The maximum atomic E-state index is 11.1. The summed E-state index contributed by atoms with van der Waals surface area (Å²) in [5.74, 6) is 1.39. The van der Waals surface area contributed by atoms with Gasteiger partial charge in [-0.15, -0.1) is 11.3 Å². The lowest BCUT2D eigenvalue weighted by Crippen LogP contribution is -2.36. The molecule has 12 heteroatoms. The van der Waals surface area contributed by atoms with E-state index in [0.29, 0.717) is 37.4 Å². The van der Waals surface area contributed by atoms with E-state index in [1.54, 1.807) is 30.7 Å².